The maximum atomic E-state index is 15.2. The standard InChI is InChI=1S/C30H29F3N2O2Si/c1-38(2,3)37-29(30(31,32)33)25-19-11-13-21-27(25)35(23-16-8-5-9-17-23)28(36-29)24-18-10-12-20-26(24)34-22-14-6-4-7-15-22/h4-21,28,34H,1-3H3. The smallest absolute Gasteiger partial charge is 0.380 e. The Kier molecular flexibility index (Phi) is 6.81. The van der Waals surface area contributed by atoms with Gasteiger partial charge in [0.05, 0.1) is 5.69 Å². The molecule has 196 valence electrons. The molecule has 0 saturated carbocycles. The minimum atomic E-state index is -4.84. The van der Waals surface area contributed by atoms with Gasteiger partial charge < -0.3 is 19.4 Å². The van der Waals surface area contributed by atoms with Crippen molar-refractivity contribution in [3.8, 4) is 0 Å². The molecule has 8 heteroatoms. The van der Waals surface area contributed by atoms with E-state index in [2.05, 4.69) is 5.32 Å². The highest BCUT2D eigenvalue weighted by molar-refractivity contribution is 6.69. The third kappa shape index (κ3) is 4.94. The summed E-state index contributed by atoms with van der Waals surface area (Å²) in [5, 5.41) is 3.36. The quantitative estimate of drug-likeness (QED) is 0.251. The minimum absolute atomic E-state index is 0.0662. The van der Waals surface area contributed by atoms with Gasteiger partial charge in [0.15, 0.2) is 14.5 Å². The zero-order chi connectivity index (χ0) is 27.0. The molecule has 2 unspecified atom stereocenters. The van der Waals surface area contributed by atoms with Crippen LogP contribution in [0.4, 0.5) is 35.9 Å². The van der Waals surface area contributed by atoms with Crippen LogP contribution in [-0.4, -0.2) is 14.5 Å². The second kappa shape index (κ2) is 9.94. The van der Waals surface area contributed by atoms with E-state index in [1.807, 2.05) is 72.8 Å². The average Bonchev–Trinajstić information content (AvgIpc) is 2.88. The lowest BCUT2D eigenvalue weighted by Gasteiger charge is -2.50. The fourth-order valence-electron chi connectivity index (χ4n) is 4.72. The van der Waals surface area contributed by atoms with E-state index < -0.39 is 26.5 Å². The summed E-state index contributed by atoms with van der Waals surface area (Å²) < 4.78 is 57.9. The Morgan fingerprint density at radius 3 is 2.03 bits per heavy atom. The molecule has 1 aliphatic heterocycles. The Morgan fingerprint density at radius 2 is 1.37 bits per heavy atom. The number of para-hydroxylation sites is 4. The van der Waals surface area contributed by atoms with Gasteiger partial charge in [-0.3, -0.25) is 0 Å². The van der Waals surface area contributed by atoms with Crippen LogP contribution in [0, 0.1) is 0 Å². The summed E-state index contributed by atoms with van der Waals surface area (Å²) in [6.07, 6.45) is -6.00. The first kappa shape index (κ1) is 26.0. The summed E-state index contributed by atoms with van der Waals surface area (Å²) in [6, 6.07) is 32.5. The maximum Gasteiger partial charge on any atom is 0.447 e. The molecule has 4 aromatic carbocycles. The van der Waals surface area contributed by atoms with Crippen LogP contribution in [0.2, 0.25) is 19.6 Å². The minimum Gasteiger partial charge on any atom is -0.380 e. The van der Waals surface area contributed by atoms with Crippen molar-refractivity contribution in [2.75, 3.05) is 10.2 Å². The predicted molar refractivity (Wildman–Crippen MR) is 147 cm³/mol. The van der Waals surface area contributed by atoms with E-state index in [1.54, 1.807) is 54.9 Å². The molecule has 1 N–H and O–H groups in total. The molecule has 0 fully saturated rings. The molecule has 4 aromatic rings. The molecule has 0 bridgehead atoms. The lowest BCUT2D eigenvalue weighted by Crippen LogP contribution is -2.57. The Bertz CT molecular complexity index is 1390. The topological polar surface area (TPSA) is 33.7 Å². The van der Waals surface area contributed by atoms with E-state index in [0.29, 0.717) is 22.6 Å². The molecule has 0 amide bonds. The number of alkyl halides is 3. The van der Waals surface area contributed by atoms with Gasteiger partial charge in [-0.25, -0.2) is 0 Å². The third-order valence-electron chi connectivity index (χ3n) is 6.17. The molecule has 0 radical (unpaired) electrons. The lowest BCUT2D eigenvalue weighted by molar-refractivity contribution is -0.382. The van der Waals surface area contributed by atoms with Gasteiger partial charge in [-0.15, -0.1) is 0 Å². The Morgan fingerprint density at radius 1 is 0.789 bits per heavy atom. The maximum absolute atomic E-state index is 15.2. The number of hydrogen-bond donors (Lipinski definition) is 1. The van der Waals surface area contributed by atoms with Crippen LogP contribution in [-0.2, 0) is 14.9 Å². The van der Waals surface area contributed by atoms with Gasteiger partial charge in [-0.2, -0.15) is 13.2 Å². The zero-order valence-electron chi connectivity index (χ0n) is 21.4. The summed E-state index contributed by atoms with van der Waals surface area (Å²) >= 11 is 0. The fraction of sp³-hybridized carbons (Fsp3) is 0.200. The highest BCUT2D eigenvalue weighted by Gasteiger charge is 2.65. The van der Waals surface area contributed by atoms with Crippen molar-refractivity contribution in [3.05, 3.63) is 120 Å². The third-order valence-corrected chi connectivity index (χ3v) is 7.07. The summed E-state index contributed by atoms with van der Waals surface area (Å²) in [5.74, 6) is -2.94. The first-order valence-electron chi connectivity index (χ1n) is 12.4. The number of nitrogens with one attached hydrogen (secondary N) is 1. The Balaban J connectivity index is 1.76. The summed E-state index contributed by atoms with van der Waals surface area (Å²) in [4.78, 5) is 1.80. The van der Waals surface area contributed by atoms with Gasteiger partial charge in [0.2, 0.25) is 0 Å². The SMILES string of the molecule is C[Si](C)(C)OC1(C(F)(F)F)OC(c2ccccc2Nc2ccccc2)N(c2ccccc2)c2ccccc21. The molecule has 0 spiro atoms. The molecule has 1 aliphatic rings. The van der Waals surface area contributed by atoms with Gasteiger partial charge in [0.25, 0.3) is 5.79 Å². The molecular weight excluding hydrogens is 505 g/mol. The van der Waals surface area contributed by atoms with Crippen molar-refractivity contribution in [1.82, 2.24) is 0 Å². The van der Waals surface area contributed by atoms with E-state index in [9.17, 15) is 0 Å². The molecule has 5 rings (SSSR count). The fourth-order valence-corrected chi connectivity index (χ4v) is 5.85. The van der Waals surface area contributed by atoms with Gasteiger partial charge in [0, 0.05) is 28.2 Å². The average molecular weight is 535 g/mol. The van der Waals surface area contributed by atoms with Crippen molar-refractivity contribution >= 4 is 31.1 Å². The molecule has 38 heavy (non-hydrogen) atoms. The van der Waals surface area contributed by atoms with Gasteiger partial charge >= 0.3 is 6.18 Å². The number of ether oxygens (including phenoxy) is 1. The number of halogens is 3. The van der Waals surface area contributed by atoms with E-state index >= 15 is 13.2 Å². The number of fused-ring (bicyclic) bond motifs is 1. The largest absolute Gasteiger partial charge is 0.447 e. The number of hydrogen-bond acceptors (Lipinski definition) is 4. The number of nitrogens with zero attached hydrogens (tertiary/aromatic N) is 1. The molecule has 4 nitrogen and oxygen atoms in total. The van der Waals surface area contributed by atoms with Crippen LogP contribution in [0.1, 0.15) is 17.4 Å². The molecule has 0 aromatic heterocycles. The van der Waals surface area contributed by atoms with Crippen molar-refractivity contribution in [3.63, 3.8) is 0 Å². The highest BCUT2D eigenvalue weighted by Crippen LogP contribution is 2.57. The molecular formula is C30H29F3N2O2Si. The van der Waals surface area contributed by atoms with Crippen molar-refractivity contribution < 1.29 is 22.3 Å². The van der Waals surface area contributed by atoms with E-state index in [4.69, 9.17) is 9.16 Å². The van der Waals surface area contributed by atoms with Crippen molar-refractivity contribution in [1.29, 1.82) is 0 Å². The van der Waals surface area contributed by atoms with Gasteiger partial charge in [-0.1, -0.05) is 72.8 Å². The first-order valence-corrected chi connectivity index (χ1v) is 15.8. The molecule has 1 heterocycles. The Labute approximate surface area is 221 Å². The van der Waals surface area contributed by atoms with Crippen LogP contribution in [0.5, 0.6) is 0 Å². The van der Waals surface area contributed by atoms with Crippen molar-refractivity contribution in [2.24, 2.45) is 0 Å². The summed E-state index contributed by atoms with van der Waals surface area (Å²) in [6.45, 7) is 5.20. The summed E-state index contributed by atoms with van der Waals surface area (Å²) in [7, 11) is -2.78. The van der Waals surface area contributed by atoms with E-state index in [0.717, 1.165) is 5.69 Å². The zero-order valence-corrected chi connectivity index (χ0v) is 22.4. The van der Waals surface area contributed by atoms with Crippen LogP contribution in [0.15, 0.2) is 109 Å². The van der Waals surface area contributed by atoms with Crippen LogP contribution in [0.3, 0.4) is 0 Å². The number of rotatable bonds is 6. The van der Waals surface area contributed by atoms with E-state index in [-0.39, 0.29) is 5.56 Å². The van der Waals surface area contributed by atoms with Crippen LogP contribution in [0.25, 0.3) is 0 Å². The molecule has 0 saturated heterocycles. The Hall–Kier alpha value is -3.59. The lowest BCUT2D eigenvalue weighted by atomic mass is 9.96. The monoisotopic (exact) mass is 534 g/mol. The normalized spacial score (nSPS) is 19.6. The molecule has 2 atom stereocenters. The number of benzene rings is 4. The number of anilines is 4. The van der Waals surface area contributed by atoms with Crippen molar-refractivity contribution in [2.45, 2.75) is 37.8 Å². The van der Waals surface area contributed by atoms with Crippen LogP contribution >= 0.6 is 0 Å². The van der Waals surface area contributed by atoms with Crippen LogP contribution < -0.4 is 10.2 Å². The van der Waals surface area contributed by atoms with Gasteiger partial charge in [-0.05, 0) is 56.0 Å². The summed E-state index contributed by atoms with van der Waals surface area (Å²) in [5.41, 5.74) is 2.99. The second-order valence-corrected chi connectivity index (χ2v) is 14.5. The molecule has 0 aliphatic carbocycles. The first-order chi connectivity index (χ1) is 18.1. The predicted octanol–water partition coefficient (Wildman–Crippen LogP) is 8.86. The second-order valence-electron chi connectivity index (χ2n) is 10.1. The highest BCUT2D eigenvalue weighted by atomic mass is 28.4. The van der Waals surface area contributed by atoms with E-state index in [1.165, 1.54) is 6.07 Å². The van der Waals surface area contributed by atoms with Gasteiger partial charge in [0.1, 0.15) is 0 Å².